The molecule has 10 heavy (non-hydrogen) atoms. The molecule has 0 aliphatic carbocycles. The molecule has 0 bridgehead atoms. The first-order valence-corrected chi connectivity index (χ1v) is 2.36. The Labute approximate surface area is 54.1 Å². The summed E-state index contributed by atoms with van der Waals surface area (Å²) in [5, 5.41) is 20.7. The first kappa shape index (κ1) is 6.40. The van der Waals surface area contributed by atoms with Crippen LogP contribution in [-0.2, 0) is 0 Å². The van der Waals surface area contributed by atoms with Crippen LogP contribution >= 0.6 is 0 Å². The van der Waals surface area contributed by atoms with E-state index < -0.39 is 23.0 Å². The first-order chi connectivity index (χ1) is 4.63. The van der Waals surface area contributed by atoms with E-state index in [1.807, 2.05) is 10.2 Å². The lowest BCUT2D eigenvalue weighted by atomic mass is 10.3. The highest BCUT2D eigenvalue weighted by Gasteiger charge is 2.15. The zero-order valence-electron chi connectivity index (χ0n) is 4.71. The largest absolute Gasteiger partial charge is 0.493 e. The van der Waals surface area contributed by atoms with E-state index in [4.69, 9.17) is 10.2 Å². The normalized spacial score (nSPS) is 9.60. The maximum atomic E-state index is 10.5. The molecule has 0 aromatic carbocycles. The van der Waals surface area contributed by atoms with E-state index in [1.165, 1.54) is 0 Å². The van der Waals surface area contributed by atoms with Crippen molar-refractivity contribution < 1.29 is 15.0 Å². The Hall–Kier alpha value is -1.72. The van der Waals surface area contributed by atoms with Gasteiger partial charge in [-0.15, -0.1) is 0 Å². The van der Waals surface area contributed by atoms with Gasteiger partial charge in [-0.2, -0.15) is 0 Å². The van der Waals surface area contributed by atoms with E-state index >= 15 is 0 Å². The molecule has 0 radical (unpaired) electrons. The first-order valence-electron chi connectivity index (χ1n) is 2.36. The van der Waals surface area contributed by atoms with Crippen LogP contribution in [0, 0.1) is 0 Å². The Morgan fingerprint density at radius 1 is 1.40 bits per heavy atom. The quantitative estimate of drug-likeness (QED) is 0.410. The van der Waals surface area contributed by atoms with Crippen molar-refractivity contribution in [2.75, 3.05) is 0 Å². The third-order valence-corrected chi connectivity index (χ3v) is 0.972. The third kappa shape index (κ3) is 0.750. The number of hydrogen-bond acceptors (Lipinski definition) is 3. The average Bonchev–Trinajstić information content (AvgIpc) is 2.11. The molecule has 0 saturated carbocycles. The molecule has 0 spiro atoms. The second-order valence-corrected chi connectivity index (χ2v) is 1.61. The van der Waals surface area contributed by atoms with Gasteiger partial charge in [-0.1, -0.05) is 0 Å². The smallest absolute Gasteiger partial charge is 0.346 e. The molecular formula is C4H4N2O4. The van der Waals surface area contributed by atoms with Crippen LogP contribution in [0.3, 0.4) is 0 Å². The number of carboxylic acids is 1. The number of H-pyrrole nitrogens is 2. The van der Waals surface area contributed by atoms with Crippen molar-refractivity contribution in [2.45, 2.75) is 0 Å². The zero-order chi connectivity index (χ0) is 7.72. The van der Waals surface area contributed by atoms with E-state index in [9.17, 15) is 9.59 Å². The highest BCUT2D eigenvalue weighted by atomic mass is 16.4. The molecule has 1 rings (SSSR count). The Kier molecular flexibility index (Phi) is 1.22. The summed E-state index contributed by atoms with van der Waals surface area (Å²) in [6, 6.07) is 0. The summed E-state index contributed by atoms with van der Waals surface area (Å²) in [7, 11) is 0. The fourth-order valence-electron chi connectivity index (χ4n) is 0.547. The van der Waals surface area contributed by atoms with Crippen LogP contribution in [0.2, 0.25) is 0 Å². The monoisotopic (exact) mass is 144 g/mol. The fraction of sp³-hybridized carbons (Fsp3) is 0. The number of aromatic nitrogens is 2. The predicted octanol–water partition coefficient (Wildman–Crippen LogP) is -0.893. The number of aromatic hydroxyl groups is 1. The van der Waals surface area contributed by atoms with Gasteiger partial charge in [-0.3, -0.25) is 15.0 Å². The van der Waals surface area contributed by atoms with Crippen LogP contribution in [0.5, 0.6) is 5.88 Å². The molecular weight excluding hydrogens is 140 g/mol. The summed E-state index contributed by atoms with van der Waals surface area (Å²) < 4.78 is 0. The van der Waals surface area contributed by atoms with Gasteiger partial charge in [0.1, 0.15) is 0 Å². The van der Waals surface area contributed by atoms with Crippen LogP contribution in [0.25, 0.3) is 0 Å². The topological polar surface area (TPSA) is 106 Å². The van der Waals surface area contributed by atoms with E-state index in [-0.39, 0.29) is 0 Å². The molecule has 0 atom stereocenters. The Morgan fingerprint density at radius 2 is 2.00 bits per heavy atom. The van der Waals surface area contributed by atoms with Crippen LogP contribution in [0.15, 0.2) is 4.79 Å². The van der Waals surface area contributed by atoms with Gasteiger partial charge in [0, 0.05) is 0 Å². The summed E-state index contributed by atoms with van der Waals surface area (Å²) in [5.41, 5.74) is -1.51. The van der Waals surface area contributed by atoms with Crippen LogP contribution < -0.4 is 5.56 Å². The Balaban J connectivity index is 3.37. The number of nitrogens with one attached hydrogen (secondary N) is 2. The van der Waals surface area contributed by atoms with Gasteiger partial charge in [0.2, 0.25) is 5.88 Å². The average molecular weight is 144 g/mol. The van der Waals surface area contributed by atoms with Crippen molar-refractivity contribution in [3.05, 3.63) is 15.9 Å². The SMILES string of the molecule is O=C(O)c1c(O)[nH][nH]c1=O. The highest BCUT2D eigenvalue weighted by molar-refractivity contribution is 5.89. The molecule has 6 heteroatoms. The minimum Gasteiger partial charge on any atom is -0.493 e. The molecule has 1 aromatic rings. The number of aromatic carboxylic acids is 1. The minimum absolute atomic E-state index is 0.655. The standard InChI is InChI=1S/C4H4N2O4/c7-2-1(4(9)10)3(8)6-5-2/h(H,9,10)(H3,5,6,7,8). The predicted molar refractivity (Wildman–Crippen MR) is 30.0 cm³/mol. The summed E-state index contributed by atoms with van der Waals surface area (Å²) in [4.78, 5) is 20.6. The Bertz CT molecular complexity index is 309. The van der Waals surface area contributed by atoms with Gasteiger partial charge in [-0.25, -0.2) is 4.79 Å². The maximum absolute atomic E-state index is 10.5. The van der Waals surface area contributed by atoms with Gasteiger partial charge in [0.25, 0.3) is 5.56 Å². The number of rotatable bonds is 1. The van der Waals surface area contributed by atoms with E-state index in [1.54, 1.807) is 0 Å². The van der Waals surface area contributed by atoms with E-state index in [0.717, 1.165) is 0 Å². The summed E-state index contributed by atoms with van der Waals surface area (Å²) in [5.74, 6) is -2.11. The van der Waals surface area contributed by atoms with Crippen molar-refractivity contribution in [3.8, 4) is 5.88 Å². The second-order valence-electron chi connectivity index (χ2n) is 1.61. The molecule has 0 aliphatic heterocycles. The minimum atomic E-state index is -1.46. The van der Waals surface area contributed by atoms with Crippen molar-refractivity contribution in [2.24, 2.45) is 0 Å². The van der Waals surface area contributed by atoms with Crippen LogP contribution in [0.4, 0.5) is 0 Å². The number of carboxylic acid groups (broad SMARTS) is 1. The third-order valence-electron chi connectivity index (χ3n) is 0.972. The Morgan fingerprint density at radius 3 is 2.20 bits per heavy atom. The molecule has 0 saturated heterocycles. The number of hydrogen-bond donors (Lipinski definition) is 4. The summed E-state index contributed by atoms with van der Waals surface area (Å²) in [6.07, 6.45) is 0. The number of carbonyl (C=O) groups is 1. The lowest BCUT2D eigenvalue weighted by molar-refractivity contribution is 0.0692. The molecule has 1 aromatic heterocycles. The molecule has 4 N–H and O–H groups in total. The van der Waals surface area contributed by atoms with Crippen molar-refractivity contribution >= 4 is 5.97 Å². The second kappa shape index (κ2) is 1.90. The lowest BCUT2D eigenvalue weighted by Crippen LogP contribution is -2.11. The van der Waals surface area contributed by atoms with Gasteiger partial charge < -0.3 is 10.2 Å². The van der Waals surface area contributed by atoms with Gasteiger partial charge in [0.15, 0.2) is 5.56 Å². The molecule has 0 fully saturated rings. The molecule has 1 heterocycles. The fourth-order valence-corrected chi connectivity index (χ4v) is 0.547. The molecule has 0 unspecified atom stereocenters. The van der Waals surface area contributed by atoms with Crippen molar-refractivity contribution in [1.82, 2.24) is 10.2 Å². The van der Waals surface area contributed by atoms with Crippen LogP contribution in [-0.4, -0.2) is 26.4 Å². The van der Waals surface area contributed by atoms with Crippen molar-refractivity contribution in [1.29, 1.82) is 0 Å². The summed E-state index contributed by atoms with van der Waals surface area (Å²) >= 11 is 0. The van der Waals surface area contributed by atoms with E-state index in [0.29, 0.717) is 0 Å². The van der Waals surface area contributed by atoms with Gasteiger partial charge in [-0.05, 0) is 0 Å². The molecule has 6 nitrogen and oxygen atoms in total. The van der Waals surface area contributed by atoms with Crippen molar-refractivity contribution in [3.63, 3.8) is 0 Å². The highest BCUT2D eigenvalue weighted by Crippen LogP contribution is 2.04. The molecule has 0 amide bonds. The lowest BCUT2D eigenvalue weighted by Gasteiger charge is -1.83. The molecule has 0 aliphatic rings. The molecule has 54 valence electrons. The maximum Gasteiger partial charge on any atom is 0.346 e. The van der Waals surface area contributed by atoms with Gasteiger partial charge >= 0.3 is 5.97 Å². The zero-order valence-corrected chi connectivity index (χ0v) is 4.71. The van der Waals surface area contributed by atoms with Gasteiger partial charge in [0.05, 0.1) is 0 Å². The summed E-state index contributed by atoms with van der Waals surface area (Å²) in [6.45, 7) is 0. The van der Waals surface area contributed by atoms with Crippen LogP contribution in [0.1, 0.15) is 10.4 Å². The number of aromatic amines is 2. The van der Waals surface area contributed by atoms with E-state index in [2.05, 4.69) is 0 Å².